The number of rotatable bonds is 2. The highest BCUT2D eigenvalue weighted by Crippen LogP contribution is 2.45. The molecule has 0 bridgehead atoms. The summed E-state index contributed by atoms with van der Waals surface area (Å²) < 4.78 is 2.65. The fourth-order valence-corrected chi connectivity index (χ4v) is 8.73. The Kier molecular flexibility index (Phi) is 4.99. The predicted molar refractivity (Wildman–Crippen MR) is 191 cm³/mol. The Bertz CT molecular complexity index is 2430. The van der Waals surface area contributed by atoms with E-state index in [1.165, 1.54) is 81.5 Å². The van der Waals surface area contributed by atoms with Gasteiger partial charge in [-0.05, 0) is 87.8 Å². The first-order chi connectivity index (χ1) is 21.8. The highest BCUT2D eigenvalue weighted by Gasteiger charge is 2.42. The second-order valence-corrected chi connectivity index (χ2v) is 12.8. The lowest BCUT2D eigenvalue weighted by Gasteiger charge is -2.44. The van der Waals surface area contributed by atoms with E-state index in [4.69, 9.17) is 0 Å². The second kappa shape index (κ2) is 9.09. The SMILES string of the molecule is c1ccc(N2c3ccccc3B3c4ccccc4N(c4ccc5c(c4)sc4cc6ccccc6cc45)c4cccc2c43)cc1. The van der Waals surface area contributed by atoms with Crippen molar-refractivity contribution in [3.05, 3.63) is 152 Å². The molecule has 1 aromatic heterocycles. The van der Waals surface area contributed by atoms with Crippen LogP contribution in [0.1, 0.15) is 0 Å². The molecular formula is C40H25BN2S. The zero-order chi connectivity index (χ0) is 28.8. The molecule has 0 atom stereocenters. The number of benzene rings is 7. The Balaban J connectivity index is 1.23. The van der Waals surface area contributed by atoms with Crippen molar-refractivity contribution in [3.8, 4) is 0 Å². The van der Waals surface area contributed by atoms with Gasteiger partial charge in [-0.2, -0.15) is 0 Å². The fraction of sp³-hybridized carbons (Fsp3) is 0. The van der Waals surface area contributed by atoms with Crippen LogP contribution in [-0.4, -0.2) is 6.71 Å². The lowest BCUT2D eigenvalue weighted by atomic mass is 9.33. The molecule has 0 aliphatic carbocycles. The van der Waals surface area contributed by atoms with Crippen molar-refractivity contribution >= 4 is 99.5 Å². The molecule has 0 N–H and O–H groups in total. The van der Waals surface area contributed by atoms with E-state index in [2.05, 4.69) is 161 Å². The fourth-order valence-electron chi connectivity index (χ4n) is 7.56. The van der Waals surface area contributed by atoms with Gasteiger partial charge in [0.2, 0.25) is 0 Å². The van der Waals surface area contributed by atoms with Crippen molar-refractivity contribution in [1.29, 1.82) is 0 Å². The number of para-hydroxylation sites is 3. The van der Waals surface area contributed by atoms with Gasteiger partial charge in [-0.15, -0.1) is 11.3 Å². The van der Waals surface area contributed by atoms with Gasteiger partial charge in [-0.1, -0.05) is 91.0 Å². The molecule has 0 spiro atoms. The molecule has 204 valence electrons. The third-order valence-corrected chi connectivity index (χ3v) is 10.5. The third kappa shape index (κ3) is 3.32. The molecule has 0 saturated heterocycles. The van der Waals surface area contributed by atoms with Gasteiger partial charge in [0.05, 0.1) is 0 Å². The molecule has 2 nitrogen and oxygen atoms in total. The number of thiophene rings is 1. The van der Waals surface area contributed by atoms with E-state index in [9.17, 15) is 0 Å². The van der Waals surface area contributed by atoms with Crippen molar-refractivity contribution in [1.82, 2.24) is 0 Å². The van der Waals surface area contributed by atoms with Gasteiger partial charge in [-0.25, -0.2) is 0 Å². The minimum Gasteiger partial charge on any atom is -0.311 e. The van der Waals surface area contributed by atoms with Gasteiger partial charge < -0.3 is 9.80 Å². The monoisotopic (exact) mass is 576 g/mol. The Labute approximate surface area is 260 Å². The molecular weight excluding hydrogens is 551 g/mol. The van der Waals surface area contributed by atoms with E-state index >= 15 is 0 Å². The summed E-state index contributed by atoms with van der Waals surface area (Å²) in [6, 6.07) is 55.9. The second-order valence-electron chi connectivity index (χ2n) is 11.7. The van der Waals surface area contributed by atoms with Crippen LogP contribution in [0, 0.1) is 0 Å². The maximum Gasteiger partial charge on any atom is 0.252 e. The molecule has 2 aliphatic heterocycles. The maximum atomic E-state index is 2.49. The largest absolute Gasteiger partial charge is 0.311 e. The first-order valence-electron chi connectivity index (χ1n) is 15.1. The van der Waals surface area contributed by atoms with Crippen LogP contribution in [0.15, 0.2) is 152 Å². The lowest BCUT2D eigenvalue weighted by Crippen LogP contribution is -2.61. The minimum absolute atomic E-state index is 0.158. The highest BCUT2D eigenvalue weighted by atomic mass is 32.1. The number of anilines is 6. The van der Waals surface area contributed by atoms with Gasteiger partial charge in [0.1, 0.15) is 0 Å². The van der Waals surface area contributed by atoms with E-state index < -0.39 is 0 Å². The molecule has 4 heteroatoms. The van der Waals surface area contributed by atoms with E-state index in [-0.39, 0.29) is 6.71 Å². The average Bonchev–Trinajstić information content (AvgIpc) is 3.44. The summed E-state index contributed by atoms with van der Waals surface area (Å²) in [5.41, 5.74) is 11.4. The number of hydrogen-bond acceptors (Lipinski definition) is 3. The number of nitrogens with zero attached hydrogens (tertiary/aromatic N) is 2. The molecule has 44 heavy (non-hydrogen) atoms. The van der Waals surface area contributed by atoms with E-state index in [1.807, 2.05) is 11.3 Å². The molecule has 7 aromatic carbocycles. The van der Waals surface area contributed by atoms with Gasteiger partial charge in [0.15, 0.2) is 0 Å². The standard InChI is InChI=1S/C40H25BN2S/c1-2-13-28(14-3-1)42-34-17-8-6-15-32(34)41-33-16-7-9-18-35(33)43(37-20-10-19-36(42)40(37)41)29-21-22-30-31-23-26-11-4-5-12-27(26)24-38(31)44-39(30)25-29/h1-25H. The molecule has 0 amide bonds. The molecule has 3 heterocycles. The number of hydrogen-bond donors (Lipinski definition) is 0. The molecule has 0 unspecified atom stereocenters. The molecule has 0 radical (unpaired) electrons. The minimum atomic E-state index is 0.158. The van der Waals surface area contributed by atoms with Gasteiger partial charge in [0, 0.05) is 54.3 Å². The van der Waals surface area contributed by atoms with Gasteiger partial charge in [-0.3, -0.25) is 0 Å². The lowest BCUT2D eigenvalue weighted by molar-refractivity contribution is 1.26. The number of fused-ring (bicyclic) bond motifs is 8. The van der Waals surface area contributed by atoms with Crippen molar-refractivity contribution in [3.63, 3.8) is 0 Å². The normalized spacial score (nSPS) is 13.3. The smallest absolute Gasteiger partial charge is 0.252 e. The molecule has 8 aromatic rings. The van der Waals surface area contributed by atoms with Crippen molar-refractivity contribution < 1.29 is 0 Å². The van der Waals surface area contributed by atoms with Crippen LogP contribution in [0.5, 0.6) is 0 Å². The Hall–Kier alpha value is -5.32. The van der Waals surface area contributed by atoms with E-state index in [1.54, 1.807) is 0 Å². The Morgan fingerprint density at radius 2 is 0.977 bits per heavy atom. The predicted octanol–water partition coefficient (Wildman–Crippen LogP) is 9.29. The van der Waals surface area contributed by atoms with Crippen molar-refractivity contribution in [2.24, 2.45) is 0 Å². The third-order valence-electron chi connectivity index (χ3n) is 9.40. The molecule has 2 aliphatic rings. The van der Waals surface area contributed by atoms with Crippen LogP contribution in [-0.2, 0) is 0 Å². The van der Waals surface area contributed by atoms with Gasteiger partial charge in [0.25, 0.3) is 6.71 Å². The molecule has 10 rings (SSSR count). The summed E-state index contributed by atoms with van der Waals surface area (Å²) in [4.78, 5) is 4.93. The van der Waals surface area contributed by atoms with Crippen LogP contribution < -0.4 is 26.2 Å². The van der Waals surface area contributed by atoms with Crippen LogP contribution >= 0.6 is 11.3 Å². The molecule has 0 saturated carbocycles. The summed E-state index contributed by atoms with van der Waals surface area (Å²) in [6.45, 7) is 0.158. The van der Waals surface area contributed by atoms with Crippen molar-refractivity contribution in [2.75, 3.05) is 9.80 Å². The Morgan fingerprint density at radius 3 is 1.70 bits per heavy atom. The van der Waals surface area contributed by atoms with Crippen LogP contribution in [0.2, 0.25) is 0 Å². The van der Waals surface area contributed by atoms with Crippen molar-refractivity contribution in [2.45, 2.75) is 0 Å². The first-order valence-corrected chi connectivity index (χ1v) is 16.0. The quantitative estimate of drug-likeness (QED) is 0.189. The van der Waals surface area contributed by atoms with Crippen LogP contribution in [0.4, 0.5) is 34.1 Å². The Morgan fingerprint density at radius 1 is 0.409 bits per heavy atom. The van der Waals surface area contributed by atoms with Crippen LogP contribution in [0.25, 0.3) is 30.9 Å². The van der Waals surface area contributed by atoms with Gasteiger partial charge >= 0.3 is 0 Å². The van der Waals surface area contributed by atoms with E-state index in [0.29, 0.717) is 0 Å². The zero-order valence-corrected chi connectivity index (χ0v) is 24.6. The van der Waals surface area contributed by atoms with E-state index in [0.717, 1.165) is 0 Å². The van der Waals surface area contributed by atoms with Crippen LogP contribution in [0.3, 0.4) is 0 Å². The zero-order valence-electron chi connectivity index (χ0n) is 23.8. The summed E-state index contributed by atoms with van der Waals surface area (Å²) in [5, 5.41) is 5.24. The topological polar surface area (TPSA) is 6.48 Å². The molecule has 0 fully saturated rings. The first kappa shape index (κ1) is 24.2. The highest BCUT2D eigenvalue weighted by molar-refractivity contribution is 7.26. The summed E-state index contributed by atoms with van der Waals surface area (Å²) in [5.74, 6) is 0. The average molecular weight is 577 g/mol. The summed E-state index contributed by atoms with van der Waals surface area (Å²) in [6.07, 6.45) is 0. The summed E-state index contributed by atoms with van der Waals surface area (Å²) in [7, 11) is 0. The summed E-state index contributed by atoms with van der Waals surface area (Å²) >= 11 is 1.89. The maximum absolute atomic E-state index is 2.49.